The number of fused-ring (bicyclic) bond motifs is 2. The fourth-order valence-corrected chi connectivity index (χ4v) is 2.51. The van der Waals surface area contributed by atoms with Gasteiger partial charge in [-0.3, -0.25) is 4.40 Å². The van der Waals surface area contributed by atoms with Gasteiger partial charge in [-0.05, 0) is 22.9 Å². The lowest BCUT2D eigenvalue weighted by molar-refractivity contribution is 0.949. The maximum atomic E-state index is 12.1. The van der Waals surface area contributed by atoms with Crippen LogP contribution in [0.25, 0.3) is 27.8 Å². The van der Waals surface area contributed by atoms with E-state index >= 15 is 0 Å². The minimum Gasteiger partial charge on any atom is -0.251 e. The van der Waals surface area contributed by atoms with E-state index in [9.17, 15) is 4.79 Å². The van der Waals surface area contributed by atoms with Crippen LogP contribution in [0.5, 0.6) is 0 Å². The number of hydrogen-bond donors (Lipinski definition) is 0. The molecule has 0 saturated carbocycles. The van der Waals surface area contributed by atoms with Crippen LogP contribution in [-0.4, -0.2) is 14.4 Å². The molecule has 100 valence electrons. The first-order chi connectivity index (χ1) is 10.3. The Kier molecular flexibility index (Phi) is 2.54. The van der Waals surface area contributed by atoms with Gasteiger partial charge in [-0.2, -0.15) is 4.98 Å². The second kappa shape index (κ2) is 4.52. The topological polar surface area (TPSA) is 47.3 Å². The Morgan fingerprint density at radius 1 is 0.810 bits per heavy atom. The summed E-state index contributed by atoms with van der Waals surface area (Å²) < 4.78 is 1.44. The number of hydrogen-bond acceptors (Lipinski definition) is 3. The molecule has 4 nitrogen and oxygen atoms in total. The molecule has 0 spiro atoms. The van der Waals surface area contributed by atoms with Gasteiger partial charge in [-0.25, -0.2) is 9.78 Å². The smallest absolute Gasteiger partial charge is 0.251 e. The van der Waals surface area contributed by atoms with Crippen LogP contribution in [0.2, 0.25) is 0 Å². The summed E-state index contributed by atoms with van der Waals surface area (Å²) in [5.41, 5.74) is 1.15. The molecule has 2 aromatic heterocycles. The van der Waals surface area contributed by atoms with Gasteiger partial charge in [0.1, 0.15) is 5.65 Å². The van der Waals surface area contributed by atoms with E-state index in [4.69, 9.17) is 0 Å². The van der Waals surface area contributed by atoms with Crippen LogP contribution >= 0.6 is 0 Å². The molecule has 0 amide bonds. The van der Waals surface area contributed by atoms with Gasteiger partial charge in [-0.15, -0.1) is 0 Å². The first-order valence-electron chi connectivity index (χ1n) is 6.66. The van der Waals surface area contributed by atoms with Gasteiger partial charge in [-0.1, -0.05) is 48.5 Å². The van der Waals surface area contributed by atoms with Crippen molar-refractivity contribution in [2.24, 2.45) is 0 Å². The number of aromatic nitrogens is 3. The average molecular weight is 273 g/mol. The van der Waals surface area contributed by atoms with Gasteiger partial charge in [0.2, 0.25) is 0 Å². The highest BCUT2D eigenvalue weighted by Crippen LogP contribution is 2.25. The molecule has 0 radical (unpaired) electrons. The minimum atomic E-state index is -0.316. The fraction of sp³-hybridized carbons (Fsp3) is 0. The summed E-state index contributed by atoms with van der Waals surface area (Å²) in [7, 11) is 0. The van der Waals surface area contributed by atoms with Crippen molar-refractivity contribution in [1.82, 2.24) is 14.4 Å². The molecule has 2 heterocycles. The summed E-state index contributed by atoms with van der Waals surface area (Å²) in [4.78, 5) is 20.7. The fourth-order valence-electron chi connectivity index (χ4n) is 2.51. The molecule has 4 heteroatoms. The second-order valence-corrected chi connectivity index (χ2v) is 4.79. The summed E-state index contributed by atoms with van der Waals surface area (Å²) in [5, 5.41) is 2.14. The number of rotatable bonds is 1. The Balaban J connectivity index is 2.07. The van der Waals surface area contributed by atoms with Gasteiger partial charge in [0, 0.05) is 11.8 Å². The monoisotopic (exact) mass is 273 g/mol. The molecule has 0 bridgehead atoms. The SMILES string of the molecule is O=c1nc(-c2cccc3ccccc23)nc2ccccn12. The summed E-state index contributed by atoms with van der Waals surface area (Å²) in [5.74, 6) is 0.461. The first-order valence-corrected chi connectivity index (χ1v) is 6.66. The first kappa shape index (κ1) is 11.8. The highest BCUT2D eigenvalue weighted by Gasteiger charge is 2.09. The largest absolute Gasteiger partial charge is 0.355 e. The number of pyridine rings is 1. The van der Waals surface area contributed by atoms with E-state index in [2.05, 4.69) is 9.97 Å². The standard InChI is InChI=1S/C17H11N3O/c21-17-19-16(18-15-10-3-4-11-20(15)17)14-9-5-7-12-6-1-2-8-13(12)14/h1-11H. The minimum absolute atomic E-state index is 0.316. The van der Waals surface area contributed by atoms with Gasteiger partial charge >= 0.3 is 5.69 Å². The van der Waals surface area contributed by atoms with E-state index in [1.165, 1.54) is 4.40 Å². The zero-order chi connectivity index (χ0) is 14.2. The lowest BCUT2D eigenvalue weighted by Gasteiger charge is -2.06. The molecule has 2 aromatic carbocycles. The lowest BCUT2D eigenvalue weighted by atomic mass is 10.0. The Bertz CT molecular complexity index is 1020. The Morgan fingerprint density at radius 2 is 1.62 bits per heavy atom. The summed E-state index contributed by atoms with van der Waals surface area (Å²) in [6, 6.07) is 19.4. The van der Waals surface area contributed by atoms with Crippen molar-refractivity contribution in [3.63, 3.8) is 0 Å². The van der Waals surface area contributed by atoms with Crippen molar-refractivity contribution in [2.45, 2.75) is 0 Å². The summed E-state index contributed by atoms with van der Waals surface area (Å²) >= 11 is 0. The van der Waals surface area contributed by atoms with Gasteiger partial charge < -0.3 is 0 Å². The van der Waals surface area contributed by atoms with E-state index < -0.39 is 0 Å². The van der Waals surface area contributed by atoms with Crippen LogP contribution in [-0.2, 0) is 0 Å². The second-order valence-electron chi connectivity index (χ2n) is 4.79. The van der Waals surface area contributed by atoms with E-state index in [1.807, 2.05) is 48.5 Å². The Hall–Kier alpha value is -3.01. The van der Waals surface area contributed by atoms with Gasteiger partial charge in [0.05, 0.1) is 0 Å². The van der Waals surface area contributed by atoms with Crippen LogP contribution in [0.1, 0.15) is 0 Å². The molecule has 4 rings (SSSR count). The van der Waals surface area contributed by atoms with Crippen LogP contribution in [0.3, 0.4) is 0 Å². The molecule has 0 saturated heterocycles. The summed E-state index contributed by atoms with van der Waals surface area (Å²) in [6.45, 7) is 0. The predicted molar refractivity (Wildman–Crippen MR) is 82.2 cm³/mol. The Labute approximate surface area is 120 Å². The van der Waals surface area contributed by atoms with E-state index in [0.717, 1.165) is 16.3 Å². The molecule has 0 aliphatic rings. The van der Waals surface area contributed by atoms with E-state index in [0.29, 0.717) is 11.5 Å². The zero-order valence-corrected chi connectivity index (χ0v) is 11.1. The summed E-state index contributed by atoms with van der Waals surface area (Å²) in [6.07, 6.45) is 1.67. The maximum absolute atomic E-state index is 12.1. The lowest BCUT2D eigenvalue weighted by Crippen LogP contribution is -2.18. The molecule has 0 atom stereocenters. The third-order valence-corrected chi connectivity index (χ3v) is 3.50. The van der Waals surface area contributed by atoms with Crippen LogP contribution in [0, 0.1) is 0 Å². The molecule has 0 N–H and O–H groups in total. The van der Waals surface area contributed by atoms with Crippen LogP contribution in [0.15, 0.2) is 71.7 Å². The predicted octanol–water partition coefficient (Wildman–Crippen LogP) is 2.91. The quantitative estimate of drug-likeness (QED) is 0.535. The molecule has 4 aromatic rings. The number of nitrogens with zero attached hydrogens (tertiary/aromatic N) is 3. The van der Waals surface area contributed by atoms with Crippen molar-refractivity contribution in [3.8, 4) is 11.4 Å². The third kappa shape index (κ3) is 1.89. The van der Waals surface area contributed by atoms with Crippen LogP contribution < -0.4 is 5.69 Å². The molecule has 0 aliphatic carbocycles. The average Bonchev–Trinajstić information content (AvgIpc) is 2.54. The van der Waals surface area contributed by atoms with Crippen molar-refractivity contribution >= 4 is 16.4 Å². The molecular weight excluding hydrogens is 262 g/mol. The third-order valence-electron chi connectivity index (χ3n) is 3.50. The highest BCUT2D eigenvalue weighted by atomic mass is 16.1. The maximum Gasteiger partial charge on any atom is 0.355 e. The molecule has 0 fully saturated rings. The highest BCUT2D eigenvalue weighted by molar-refractivity contribution is 5.95. The van der Waals surface area contributed by atoms with Crippen molar-refractivity contribution in [3.05, 3.63) is 77.3 Å². The van der Waals surface area contributed by atoms with Crippen LogP contribution in [0.4, 0.5) is 0 Å². The molecule has 0 unspecified atom stereocenters. The van der Waals surface area contributed by atoms with Gasteiger partial charge in [0.15, 0.2) is 5.82 Å². The van der Waals surface area contributed by atoms with E-state index in [1.54, 1.807) is 18.3 Å². The van der Waals surface area contributed by atoms with Gasteiger partial charge in [0.25, 0.3) is 0 Å². The molecule has 21 heavy (non-hydrogen) atoms. The van der Waals surface area contributed by atoms with E-state index in [-0.39, 0.29) is 5.69 Å². The van der Waals surface area contributed by atoms with Crippen molar-refractivity contribution in [2.75, 3.05) is 0 Å². The van der Waals surface area contributed by atoms with Crippen molar-refractivity contribution in [1.29, 1.82) is 0 Å². The normalized spacial score (nSPS) is 11.0. The van der Waals surface area contributed by atoms with Crippen molar-refractivity contribution < 1.29 is 0 Å². The zero-order valence-electron chi connectivity index (χ0n) is 11.1. The molecular formula is C17H11N3O. The number of benzene rings is 2. The molecule has 0 aliphatic heterocycles. The Morgan fingerprint density at radius 3 is 2.57 bits per heavy atom.